The standard InChI is InChI=1S/C18H20Cl2N2O3S2/c1-4-26-17-8-6-5-7-15(17)21-18(23)12(2)22(27(3,24)25)16-11-13(19)9-10-14(16)20/h5-12H,4H2,1-3H3,(H,21,23)/t12-/m0/s1. The van der Waals surface area contributed by atoms with Gasteiger partial charge in [-0.25, -0.2) is 8.42 Å². The van der Waals surface area contributed by atoms with E-state index in [1.54, 1.807) is 23.9 Å². The van der Waals surface area contributed by atoms with Crippen LogP contribution < -0.4 is 9.62 Å². The van der Waals surface area contributed by atoms with Gasteiger partial charge in [0.2, 0.25) is 15.9 Å². The Hall–Kier alpha value is -1.41. The highest BCUT2D eigenvalue weighted by Gasteiger charge is 2.31. The van der Waals surface area contributed by atoms with E-state index in [2.05, 4.69) is 5.32 Å². The van der Waals surface area contributed by atoms with Crippen molar-refractivity contribution in [3.05, 3.63) is 52.5 Å². The summed E-state index contributed by atoms with van der Waals surface area (Å²) >= 11 is 13.8. The highest BCUT2D eigenvalue weighted by atomic mass is 35.5. The first kappa shape index (κ1) is 21.9. The maximum absolute atomic E-state index is 12.8. The Morgan fingerprint density at radius 2 is 1.89 bits per heavy atom. The summed E-state index contributed by atoms with van der Waals surface area (Å²) in [5, 5.41) is 3.32. The van der Waals surface area contributed by atoms with E-state index in [4.69, 9.17) is 23.2 Å². The fourth-order valence-electron chi connectivity index (χ4n) is 2.52. The Kier molecular flexibility index (Phi) is 7.45. The molecule has 1 N–H and O–H groups in total. The summed E-state index contributed by atoms with van der Waals surface area (Å²) in [6.45, 7) is 3.52. The van der Waals surface area contributed by atoms with Gasteiger partial charge in [0.1, 0.15) is 6.04 Å². The van der Waals surface area contributed by atoms with Crippen LogP contribution in [0, 0.1) is 0 Å². The van der Waals surface area contributed by atoms with Crippen molar-refractivity contribution < 1.29 is 13.2 Å². The number of sulfonamides is 1. The van der Waals surface area contributed by atoms with Crippen LogP contribution in [-0.2, 0) is 14.8 Å². The van der Waals surface area contributed by atoms with Gasteiger partial charge in [-0.15, -0.1) is 11.8 Å². The van der Waals surface area contributed by atoms with Crippen LogP contribution in [0.15, 0.2) is 47.4 Å². The molecular weight excluding hydrogens is 427 g/mol. The first-order chi connectivity index (χ1) is 12.6. The zero-order valence-corrected chi connectivity index (χ0v) is 18.2. The largest absolute Gasteiger partial charge is 0.323 e. The second kappa shape index (κ2) is 9.19. The van der Waals surface area contributed by atoms with Crippen LogP contribution in [0.1, 0.15) is 13.8 Å². The molecule has 1 atom stereocenters. The van der Waals surface area contributed by atoms with Crippen molar-refractivity contribution in [2.75, 3.05) is 21.6 Å². The molecule has 146 valence electrons. The summed E-state index contributed by atoms with van der Waals surface area (Å²) in [6.07, 6.45) is 1.02. The molecule has 2 aromatic carbocycles. The van der Waals surface area contributed by atoms with Gasteiger partial charge in [0.25, 0.3) is 0 Å². The fourth-order valence-corrected chi connectivity index (χ4v) is 4.89. The van der Waals surface area contributed by atoms with Crippen LogP contribution in [0.2, 0.25) is 10.0 Å². The summed E-state index contributed by atoms with van der Waals surface area (Å²) in [5.74, 6) is 0.372. The SMILES string of the molecule is CCSc1ccccc1NC(=O)[C@H](C)N(c1cc(Cl)ccc1Cl)S(C)(=O)=O. The Bertz CT molecular complexity index is 936. The van der Waals surface area contributed by atoms with E-state index in [9.17, 15) is 13.2 Å². The van der Waals surface area contributed by atoms with E-state index in [0.717, 1.165) is 21.2 Å². The molecule has 0 unspecified atom stereocenters. The molecule has 0 bridgehead atoms. The van der Waals surface area contributed by atoms with Crippen LogP contribution in [0.5, 0.6) is 0 Å². The molecule has 9 heteroatoms. The smallest absolute Gasteiger partial charge is 0.248 e. The lowest BCUT2D eigenvalue weighted by Crippen LogP contribution is -2.45. The zero-order chi connectivity index (χ0) is 20.2. The lowest BCUT2D eigenvalue weighted by molar-refractivity contribution is -0.116. The molecule has 1 amide bonds. The topological polar surface area (TPSA) is 66.5 Å². The van der Waals surface area contributed by atoms with Gasteiger partial charge >= 0.3 is 0 Å². The third-order valence-electron chi connectivity index (χ3n) is 3.68. The summed E-state index contributed by atoms with van der Waals surface area (Å²) in [6, 6.07) is 10.8. The molecule has 0 saturated heterocycles. The van der Waals surface area contributed by atoms with E-state index < -0.39 is 22.0 Å². The van der Waals surface area contributed by atoms with Gasteiger partial charge in [0.05, 0.1) is 22.7 Å². The van der Waals surface area contributed by atoms with E-state index in [-0.39, 0.29) is 10.7 Å². The quantitative estimate of drug-likeness (QED) is 0.614. The van der Waals surface area contributed by atoms with Crippen LogP contribution >= 0.6 is 35.0 Å². The average Bonchev–Trinajstić information content (AvgIpc) is 2.58. The van der Waals surface area contributed by atoms with Gasteiger partial charge in [0.15, 0.2) is 0 Å². The molecule has 0 radical (unpaired) electrons. The number of nitrogens with zero attached hydrogens (tertiary/aromatic N) is 1. The molecule has 0 saturated carbocycles. The number of thioether (sulfide) groups is 1. The Morgan fingerprint density at radius 3 is 2.52 bits per heavy atom. The molecule has 0 heterocycles. The summed E-state index contributed by atoms with van der Waals surface area (Å²) in [7, 11) is -3.79. The monoisotopic (exact) mass is 446 g/mol. The zero-order valence-electron chi connectivity index (χ0n) is 15.1. The first-order valence-corrected chi connectivity index (χ1v) is 11.7. The minimum atomic E-state index is -3.79. The van der Waals surface area contributed by atoms with Crippen molar-refractivity contribution in [2.45, 2.75) is 24.8 Å². The summed E-state index contributed by atoms with van der Waals surface area (Å²) in [4.78, 5) is 13.7. The molecule has 0 aliphatic carbocycles. The van der Waals surface area contributed by atoms with Crippen LogP contribution in [0.25, 0.3) is 0 Å². The Balaban J connectivity index is 2.38. The predicted octanol–water partition coefficient (Wildman–Crippen LogP) is 4.90. The second-order valence-electron chi connectivity index (χ2n) is 5.75. The molecular formula is C18H20Cl2N2O3S2. The number of halogens is 2. The number of hydrogen-bond donors (Lipinski definition) is 1. The summed E-state index contributed by atoms with van der Waals surface area (Å²) in [5.41, 5.74) is 0.789. The van der Waals surface area contributed by atoms with Crippen LogP contribution in [0.4, 0.5) is 11.4 Å². The first-order valence-electron chi connectivity index (χ1n) is 8.12. The number of carbonyl (C=O) groups excluding carboxylic acids is 1. The van der Waals surface area contributed by atoms with Gasteiger partial charge in [-0.05, 0) is 43.0 Å². The van der Waals surface area contributed by atoms with Crippen molar-refractivity contribution in [3.63, 3.8) is 0 Å². The number of anilines is 2. The molecule has 0 aliphatic rings. The number of hydrogen-bond acceptors (Lipinski definition) is 4. The molecule has 0 fully saturated rings. The number of para-hydroxylation sites is 1. The number of carbonyl (C=O) groups is 1. The van der Waals surface area contributed by atoms with Gasteiger partial charge in [0, 0.05) is 9.92 Å². The predicted molar refractivity (Wildman–Crippen MR) is 115 cm³/mol. The third-order valence-corrected chi connectivity index (χ3v) is 6.42. The van der Waals surface area contributed by atoms with E-state index >= 15 is 0 Å². The van der Waals surface area contributed by atoms with E-state index in [0.29, 0.717) is 10.7 Å². The Labute approximate surface area is 174 Å². The van der Waals surface area contributed by atoms with Crippen LogP contribution in [0.3, 0.4) is 0 Å². The van der Waals surface area contributed by atoms with Gasteiger partial charge in [-0.1, -0.05) is 42.3 Å². The number of rotatable bonds is 7. The third kappa shape index (κ3) is 5.54. The molecule has 2 rings (SSSR count). The second-order valence-corrected chi connectivity index (χ2v) is 9.76. The minimum absolute atomic E-state index is 0.158. The van der Waals surface area contributed by atoms with Crippen molar-refractivity contribution in [3.8, 4) is 0 Å². The number of nitrogens with one attached hydrogen (secondary N) is 1. The minimum Gasteiger partial charge on any atom is -0.323 e. The molecule has 27 heavy (non-hydrogen) atoms. The van der Waals surface area contributed by atoms with Crippen molar-refractivity contribution in [2.24, 2.45) is 0 Å². The maximum Gasteiger partial charge on any atom is 0.248 e. The van der Waals surface area contributed by atoms with Gasteiger partial charge < -0.3 is 5.32 Å². The van der Waals surface area contributed by atoms with Crippen LogP contribution in [-0.4, -0.2) is 32.4 Å². The average molecular weight is 447 g/mol. The van der Waals surface area contributed by atoms with Crippen molar-refractivity contribution in [1.29, 1.82) is 0 Å². The lowest BCUT2D eigenvalue weighted by atomic mass is 10.2. The molecule has 0 aromatic heterocycles. The van der Waals surface area contributed by atoms with E-state index in [1.165, 1.54) is 19.1 Å². The molecule has 2 aromatic rings. The maximum atomic E-state index is 12.8. The van der Waals surface area contributed by atoms with Crippen molar-refractivity contribution >= 4 is 62.3 Å². The Morgan fingerprint density at radius 1 is 1.22 bits per heavy atom. The lowest BCUT2D eigenvalue weighted by Gasteiger charge is -2.29. The summed E-state index contributed by atoms with van der Waals surface area (Å²) < 4.78 is 25.8. The number of benzene rings is 2. The van der Waals surface area contributed by atoms with Gasteiger partial charge in [-0.2, -0.15) is 0 Å². The molecule has 0 spiro atoms. The fraction of sp³-hybridized carbons (Fsp3) is 0.278. The van der Waals surface area contributed by atoms with E-state index in [1.807, 2.05) is 25.1 Å². The highest BCUT2D eigenvalue weighted by Crippen LogP contribution is 2.33. The molecule has 0 aliphatic heterocycles. The van der Waals surface area contributed by atoms with Crippen molar-refractivity contribution in [1.82, 2.24) is 0 Å². The highest BCUT2D eigenvalue weighted by molar-refractivity contribution is 7.99. The number of amides is 1. The normalized spacial score (nSPS) is 12.5. The van der Waals surface area contributed by atoms with Gasteiger partial charge in [-0.3, -0.25) is 9.10 Å². The molecule has 5 nitrogen and oxygen atoms in total.